The standard InChI is InChI=1S/C18H16BrN3O2/c1-11(2)22-15-9-4-3-8-14(15)16(18(22)24)20-21-17(23)12-6-5-7-13(19)10-12/h3-11,24H,1-2H3. The van der Waals surface area contributed by atoms with Gasteiger partial charge in [0.2, 0.25) is 5.88 Å². The van der Waals surface area contributed by atoms with Crippen LogP contribution in [-0.2, 0) is 0 Å². The number of aromatic nitrogens is 1. The minimum atomic E-state index is -0.461. The van der Waals surface area contributed by atoms with Crippen molar-refractivity contribution in [2.75, 3.05) is 0 Å². The van der Waals surface area contributed by atoms with Crippen LogP contribution in [0.25, 0.3) is 10.9 Å². The molecule has 1 aromatic heterocycles. The number of halogens is 1. The molecule has 24 heavy (non-hydrogen) atoms. The number of fused-ring (bicyclic) bond motifs is 1. The zero-order valence-electron chi connectivity index (χ0n) is 13.3. The van der Waals surface area contributed by atoms with Gasteiger partial charge in [-0.15, -0.1) is 10.2 Å². The number of amides is 1. The Morgan fingerprint density at radius 1 is 1.17 bits per heavy atom. The molecule has 0 unspecified atom stereocenters. The third-order valence-corrected chi connectivity index (χ3v) is 4.18. The fourth-order valence-electron chi connectivity index (χ4n) is 2.63. The van der Waals surface area contributed by atoms with Crippen molar-refractivity contribution < 1.29 is 9.90 Å². The highest BCUT2D eigenvalue weighted by atomic mass is 79.9. The molecule has 0 aliphatic rings. The predicted octanol–water partition coefficient (Wildman–Crippen LogP) is 5.61. The van der Waals surface area contributed by atoms with Gasteiger partial charge in [-0.3, -0.25) is 4.79 Å². The molecule has 0 atom stereocenters. The molecule has 1 N–H and O–H groups in total. The molecule has 6 heteroatoms. The molecule has 1 heterocycles. The summed E-state index contributed by atoms with van der Waals surface area (Å²) in [5, 5.41) is 19.1. The smallest absolute Gasteiger partial charge is 0.295 e. The number of para-hydroxylation sites is 1. The number of benzene rings is 2. The van der Waals surface area contributed by atoms with E-state index < -0.39 is 5.91 Å². The van der Waals surface area contributed by atoms with E-state index >= 15 is 0 Å². The second-order valence-electron chi connectivity index (χ2n) is 5.67. The predicted molar refractivity (Wildman–Crippen MR) is 97.0 cm³/mol. The Bertz CT molecular complexity index is 945. The summed E-state index contributed by atoms with van der Waals surface area (Å²) in [5.41, 5.74) is 1.59. The van der Waals surface area contributed by atoms with Gasteiger partial charge < -0.3 is 9.67 Å². The Morgan fingerprint density at radius 2 is 1.92 bits per heavy atom. The van der Waals surface area contributed by atoms with Crippen molar-refractivity contribution in [3.63, 3.8) is 0 Å². The van der Waals surface area contributed by atoms with E-state index in [9.17, 15) is 9.90 Å². The number of azo groups is 1. The Morgan fingerprint density at radius 3 is 2.62 bits per heavy atom. The van der Waals surface area contributed by atoms with Crippen molar-refractivity contribution in [3.05, 3.63) is 58.6 Å². The van der Waals surface area contributed by atoms with Crippen molar-refractivity contribution in [3.8, 4) is 5.88 Å². The number of aromatic hydroxyl groups is 1. The number of hydrogen-bond donors (Lipinski definition) is 1. The molecule has 0 bridgehead atoms. The second kappa shape index (κ2) is 6.57. The summed E-state index contributed by atoms with van der Waals surface area (Å²) in [6, 6.07) is 14.5. The van der Waals surface area contributed by atoms with E-state index in [1.54, 1.807) is 22.8 Å². The Labute approximate surface area is 147 Å². The summed E-state index contributed by atoms with van der Waals surface area (Å²) >= 11 is 3.32. The molecular formula is C18H16BrN3O2. The molecule has 0 radical (unpaired) electrons. The molecule has 0 aliphatic heterocycles. The molecule has 5 nitrogen and oxygen atoms in total. The molecule has 0 aliphatic carbocycles. The second-order valence-corrected chi connectivity index (χ2v) is 6.58. The monoisotopic (exact) mass is 385 g/mol. The maximum absolute atomic E-state index is 12.2. The quantitative estimate of drug-likeness (QED) is 0.594. The zero-order chi connectivity index (χ0) is 17.3. The van der Waals surface area contributed by atoms with Gasteiger partial charge in [-0.25, -0.2) is 0 Å². The molecular weight excluding hydrogens is 370 g/mol. The van der Waals surface area contributed by atoms with Crippen molar-refractivity contribution in [2.45, 2.75) is 19.9 Å². The average Bonchev–Trinajstić information content (AvgIpc) is 2.84. The molecule has 1 amide bonds. The van der Waals surface area contributed by atoms with Crippen LogP contribution in [0.2, 0.25) is 0 Å². The largest absolute Gasteiger partial charge is 0.493 e. The van der Waals surface area contributed by atoms with E-state index in [0.29, 0.717) is 11.3 Å². The van der Waals surface area contributed by atoms with Gasteiger partial charge in [0.05, 0.1) is 5.52 Å². The summed E-state index contributed by atoms with van der Waals surface area (Å²) in [6.45, 7) is 3.94. The van der Waals surface area contributed by atoms with Crippen LogP contribution >= 0.6 is 15.9 Å². The van der Waals surface area contributed by atoms with E-state index in [4.69, 9.17) is 0 Å². The van der Waals surface area contributed by atoms with Crippen molar-refractivity contribution in [2.24, 2.45) is 10.2 Å². The van der Waals surface area contributed by atoms with E-state index in [2.05, 4.69) is 26.2 Å². The van der Waals surface area contributed by atoms with Gasteiger partial charge in [0, 0.05) is 21.5 Å². The number of rotatable bonds is 3. The first-order valence-corrected chi connectivity index (χ1v) is 8.32. The van der Waals surface area contributed by atoms with Crippen molar-refractivity contribution in [1.82, 2.24) is 4.57 Å². The molecule has 0 fully saturated rings. The van der Waals surface area contributed by atoms with Gasteiger partial charge in [0.15, 0.2) is 5.69 Å². The maximum Gasteiger partial charge on any atom is 0.295 e. The summed E-state index contributed by atoms with van der Waals surface area (Å²) in [5.74, 6) is -0.450. The van der Waals surface area contributed by atoms with E-state index in [1.165, 1.54) is 0 Å². The summed E-state index contributed by atoms with van der Waals surface area (Å²) in [6.07, 6.45) is 0. The Hall–Kier alpha value is -2.47. The molecule has 2 aromatic carbocycles. The Kier molecular flexibility index (Phi) is 4.49. The third kappa shape index (κ3) is 2.97. The van der Waals surface area contributed by atoms with Crippen LogP contribution in [0.3, 0.4) is 0 Å². The van der Waals surface area contributed by atoms with Crippen LogP contribution in [0.4, 0.5) is 5.69 Å². The normalized spacial score (nSPS) is 11.7. The van der Waals surface area contributed by atoms with Gasteiger partial charge >= 0.3 is 0 Å². The van der Waals surface area contributed by atoms with Crippen LogP contribution in [0.15, 0.2) is 63.2 Å². The van der Waals surface area contributed by atoms with Gasteiger partial charge in [0.1, 0.15) is 0 Å². The molecule has 0 saturated carbocycles. The Balaban J connectivity index is 2.04. The van der Waals surface area contributed by atoms with Crippen molar-refractivity contribution >= 4 is 38.4 Å². The van der Waals surface area contributed by atoms with Gasteiger partial charge in [-0.1, -0.05) is 40.2 Å². The van der Waals surface area contributed by atoms with E-state index in [0.717, 1.165) is 15.4 Å². The SMILES string of the molecule is CC(C)n1c(O)c(N=NC(=O)c2cccc(Br)c2)c2ccccc21. The van der Waals surface area contributed by atoms with Gasteiger partial charge in [-0.2, -0.15) is 0 Å². The lowest BCUT2D eigenvalue weighted by Gasteiger charge is -2.10. The van der Waals surface area contributed by atoms with Gasteiger partial charge in [0.25, 0.3) is 5.91 Å². The van der Waals surface area contributed by atoms with Crippen molar-refractivity contribution in [1.29, 1.82) is 0 Å². The third-order valence-electron chi connectivity index (χ3n) is 3.69. The van der Waals surface area contributed by atoms with E-state index in [1.807, 2.05) is 44.2 Å². The minimum absolute atomic E-state index is 0.0111. The molecule has 122 valence electrons. The van der Waals surface area contributed by atoms with Crippen LogP contribution < -0.4 is 0 Å². The minimum Gasteiger partial charge on any atom is -0.493 e. The number of carbonyl (C=O) groups is 1. The lowest BCUT2D eigenvalue weighted by atomic mass is 10.2. The highest BCUT2D eigenvalue weighted by molar-refractivity contribution is 9.10. The highest BCUT2D eigenvalue weighted by Gasteiger charge is 2.18. The first-order chi connectivity index (χ1) is 11.5. The fourth-order valence-corrected chi connectivity index (χ4v) is 3.03. The van der Waals surface area contributed by atoms with Crippen LogP contribution in [0, 0.1) is 0 Å². The molecule has 0 spiro atoms. The summed E-state index contributed by atoms with van der Waals surface area (Å²) < 4.78 is 2.57. The lowest BCUT2D eigenvalue weighted by molar-refractivity contribution is 0.0995. The van der Waals surface area contributed by atoms with Crippen LogP contribution in [0.1, 0.15) is 30.2 Å². The number of nitrogens with zero attached hydrogens (tertiary/aromatic N) is 3. The first kappa shape index (κ1) is 16.4. The summed E-state index contributed by atoms with van der Waals surface area (Å²) in [7, 11) is 0. The maximum atomic E-state index is 12.2. The summed E-state index contributed by atoms with van der Waals surface area (Å²) in [4.78, 5) is 12.2. The zero-order valence-corrected chi connectivity index (χ0v) is 14.9. The van der Waals surface area contributed by atoms with Crippen LogP contribution in [-0.4, -0.2) is 15.6 Å². The number of hydrogen-bond acceptors (Lipinski definition) is 3. The van der Waals surface area contributed by atoms with Gasteiger partial charge in [-0.05, 0) is 38.1 Å². The fraction of sp³-hybridized carbons (Fsp3) is 0.167. The molecule has 0 saturated heterocycles. The lowest BCUT2D eigenvalue weighted by Crippen LogP contribution is -1.98. The highest BCUT2D eigenvalue weighted by Crippen LogP contribution is 2.40. The molecule has 3 rings (SSSR count). The van der Waals surface area contributed by atoms with Crippen LogP contribution in [0.5, 0.6) is 5.88 Å². The molecule has 3 aromatic rings. The topological polar surface area (TPSA) is 66.9 Å². The van der Waals surface area contributed by atoms with E-state index in [-0.39, 0.29) is 11.9 Å². The first-order valence-electron chi connectivity index (χ1n) is 7.52. The number of carbonyl (C=O) groups excluding carboxylic acids is 1. The average molecular weight is 386 g/mol.